The van der Waals surface area contributed by atoms with Crippen molar-refractivity contribution in [3.8, 4) is 5.75 Å². The second-order valence-electron chi connectivity index (χ2n) is 5.74. The van der Waals surface area contributed by atoms with E-state index in [2.05, 4.69) is 43.4 Å². The van der Waals surface area contributed by atoms with Crippen molar-refractivity contribution in [2.75, 3.05) is 6.54 Å². The lowest BCUT2D eigenvalue weighted by molar-refractivity contribution is 0.222. The van der Waals surface area contributed by atoms with Gasteiger partial charge in [0.25, 0.3) is 0 Å². The molecule has 3 heteroatoms. The molecule has 110 valence electrons. The van der Waals surface area contributed by atoms with Gasteiger partial charge in [0.2, 0.25) is 0 Å². The van der Waals surface area contributed by atoms with Crippen LogP contribution in [-0.2, 0) is 6.42 Å². The molecule has 0 saturated carbocycles. The van der Waals surface area contributed by atoms with Gasteiger partial charge in [-0.15, -0.1) is 0 Å². The van der Waals surface area contributed by atoms with Crippen LogP contribution in [0.2, 0.25) is 0 Å². The number of rotatable bonds is 4. The Balaban J connectivity index is 1.57. The standard InChI is InChI=1S/C18H20FNO/c1-12-4-3-5-14(8-12)13(2)20-11-17-10-15-9-16(19)6-7-18(15)21-17/h3-9,13,17,20H,10-11H2,1-2H3/t13-,17?/m0/s1. The van der Waals surface area contributed by atoms with Gasteiger partial charge in [-0.3, -0.25) is 0 Å². The normalized spacial score (nSPS) is 18.1. The third-order valence-electron chi connectivity index (χ3n) is 3.96. The van der Waals surface area contributed by atoms with Crippen molar-refractivity contribution < 1.29 is 9.13 Å². The molecule has 2 atom stereocenters. The van der Waals surface area contributed by atoms with E-state index in [1.165, 1.54) is 17.2 Å². The molecule has 1 unspecified atom stereocenters. The van der Waals surface area contributed by atoms with Crippen LogP contribution in [0, 0.1) is 12.7 Å². The minimum absolute atomic E-state index is 0.0778. The molecule has 2 nitrogen and oxygen atoms in total. The summed E-state index contributed by atoms with van der Waals surface area (Å²) in [6.45, 7) is 5.00. The monoisotopic (exact) mass is 285 g/mol. The maximum atomic E-state index is 13.2. The first kappa shape index (κ1) is 14.1. The highest BCUT2D eigenvalue weighted by molar-refractivity contribution is 5.38. The fourth-order valence-corrected chi connectivity index (χ4v) is 2.77. The summed E-state index contributed by atoms with van der Waals surface area (Å²) in [6.07, 6.45) is 0.842. The Bertz CT molecular complexity index is 641. The van der Waals surface area contributed by atoms with Gasteiger partial charge in [0.15, 0.2) is 0 Å². The van der Waals surface area contributed by atoms with E-state index in [0.717, 1.165) is 24.3 Å². The summed E-state index contributed by atoms with van der Waals surface area (Å²) in [5.74, 6) is 0.616. The highest BCUT2D eigenvalue weighted by atomic mass is 19.1. The summed E-state index contributed by atoms with van der Waals surface area (Å²) in [5, 5.41) is 3.50. The molecular weight excluding hydrogens is 265 g/mol. The second-order valence-corrected chi connectivity index (χ2v) is 5.74. The third kappa shape index (κ3) is 3.24. The van der Waals surface area contributed by atoms with Gasteiger partial charge in [0, 0.05) is 24.6 Å². The van der Waals surface area contributed by atoms with E-state index < -0.39 is 0 Å². The molecule has 1 aliphatic rings. The number of halogens is 1. The predicted octanol–water partition coefficient (Wildman–Crippen LogP) is 3.79. The van der Waals surface area contributed by atoms with Crippen molar-refractivity contribution in [3.05, 3.63) is 65.0 Å². The molecule has 3 rings (SSSR count). The van der Waals surface area contributed by atoms with E-state index >= 15 is 0 Å². The smallest absolute Gasteiger partial charge is 0.123 e. The number of hydrogen-bond acceptors (Lipinski definition) is 2. The third-order valence-corrected chi connectivity index (χ3v) is 3.96. The molecule has 0 radical (unpaired) electrons. The van der Waals surface area contributed by atoms with Crippen LogP contribution in [-0.4, -0.2) is 12.6 Å². The Morgan fingerprint density at radius 1 is 1.29 bits per heavy atom. The van der Waals surface area contributed by atoms with Crippen LogP contribution in [0.15, 0.2) is 42.5 Å². The molecule has 1 aliphatic heterocycles. The van der Waals surface area contributed by atoms with Gasteiger partial charge in [-0.1, -0.05) is 29.8 Å². The molecule has 1 N–H and O–H groups in total. The molecule has 0 bridgehead atoms. The molecular formula is C18H20FNO. The van der Waals surface area contributed by atoms with Crippen molar-refractivity contribution in [2.45, 2.75) is 32.4 Å². The van der Waals surface area contributed by atoms with Crippen LogP contribution < -0.4 is 10.1 Å². The minimum Gasteiger partial charge on any atom is -0.488 e. The van der Waals surface area contributed by atoms with E-state index in [-0.39, 0.29) is 18.0 Å². The molecule has 2 aromatic carbocycles. The Morgan fingerprint density at radius 3 is 2.95 bits per heavy atom. The van der Waals surface area contributed by atoms with Crippen molar-refractivity contribution in [2.24, 2.45) is 0 Å². The maximum Gasteiger partial charge on any atom is 0.123 e. The zero-order valence-corrected chi connectivity index (χ0v) is 12.4. The fourth-order valence-electron chi connectivity index (χ4n) is 2.77. The number of hydrogen-bond donors (Lipinski definition) is 1. The molecule has 1 heterocycles. The van der Waals surface area contributed by atoms with Crippen molar-refractivity contribution in [1.29, 1.82) is 0 Å². The van der Waals surface area contributed by atoms with E-state index in [1.807, 2.05) is 0 Å². The summed E-state index contributed by atoms with van der Waals surface area (Å²) < 4.78 is 19.0. The van der Waals surface area contributed by atoms with Crippen molar-refractivity contribution in [1.82, 2.24) is 5.32 Å². The lowest BCUT2D eigenvalue weighted by Crippen LogP contribution is -2.31. The van der Waals surface area contributed by atoms with Crippen molar-refractivity contribution in [3.63, 3.8) is 0 Å². The minimum atomic E-state index is -0.195. The van der Waals surface area contributed by atoms with Gasteiger partial charge >= 0.3 is 0 Å². The molecule has 0 amide bonds. The van der Waals surface area contributed by atoms with E-state index in [4.69, 9.17) is 4.74 Å². The number of nitrogens with one attached hydrogen (secondary N) is 1. The first-order valence-corrected chi connectivity index (χ1v) is 7.37. The van der Waals surface area contributed by atoms with Gasteiger partial charge in [0.05, 0.1) is 0 Å². The highest BCUT2D eigenvalue weighted by Gasteiger charge is 2.23. The average Bonchev–Trinajstić information content (AvgIpc) is 2.86. The quantitative estimate of drug-likeness (QED) is 0.923. The molecule has 0 aromatic heterocycles. The fraction of sp³-hybridized carbons (Fsp3) is 0.333. The summed E-state index contributed by atoms with van der Waals surface area (Å²) >= 11 is 0. The summed E-state index contributed by atoms with van der Waals surface area (Å²) in [4.78, 5) is 0. The van der Waals surface area contributed by atoms with E-state index in [0.29, 0.717) is 0 Å². The first-order chi connectivity index (χ1) is 10.1. The Kier molecular flexibility index (Phi) is 3.93. The van der Waals surface area contributed by atoms with Crippen LogP contribution >= 0.6 is 0 Å². The molecule has 0 saturated heterocycles. The predicted molar refractivity (Wildman–Crippen MR) is 82.1 cm³/mol. The molecule has 0 aliphatic carbocycles. The average molecular weight is 285 g/mol. The SMILES string of the molecule is Cc1cccc([C@H](C)NCC2Cc3cc(F)ccc3O2)c1. The Hall–Kier alpha value is -1.87. The summed E-state index contributed by atoms with van der Waals surface area (Å²) in [5.41, 5.74) is 3.50. The lowest BCUT2D eigenvalue weighted by atomic mass is 10.1. The topological polar surface area (TPSA) is 21.3 Å². The zero-order valence-electron chi connectivity index (χ0n) is 12.4. The number of benzene rings is 2. The lowest BCUT2D eigenvalue weighted by Gasteiger charge is -2.18. The van der Waals surface area contributed by atoms with E-state index in [9.17, 15) is 4.39 Å². The van der Waals surface area contributed by atoms with E-state index in [1.54, 1.807) is 12.1 Å². The van der Waals surface area contributed by atoms with Gasteiger partial charge in [-0.05, 0) is 37.6 Å². The maximum absolute atomic E-state index is 13.2. The van der Waals surface area contributed by atoms with Crippen molar-refractivity contribution >= 4 is 0 Å². The molecule has 0 spiro atoms. The highest BCUT2D eigenvalue weighted by Crippen LogP contribution is 2.29. The number of aryl methyl sites for hydroxylation is 1. The second kappa shape index (κ2) is 5.86. The summed E-state index contributed by atoms with van der Waals surface area (Å²) in [6, 6.07) is 13.5. The van der Waals surface area contributed by atoms with Crippen LogP contribution in [0.1, 0.15) is 29.7 Å². The largest absolute Gasteiger partial charge is 0.488 e. The molecule has 0 fully saturated rings. The first-order valence-electron chi connectivity index (χ1n) is 7.37. The van der Waals surface area contributed by atoms with Gasteiger partial charge in [0.1, 0.15) is 17.7 Å². The number of fused-ring (bicyclic) bond motifs is 1. The Labute approximate surface area is 125 Å². The molecule has 21 heavy (non-hydrogen) atoms. The van der Waals surface area contributed by atoms with Gasteiger partial charge < -0.3 is 10.1 Å². The van der Waals surface area contributed by atoms with Gasteiger partial charge in [-0.25, -0.2) is 4.39 Å². The molecule has 2 aromatic rings. The van der Waals surface area contributed by atoms with Crippen LogP contribution in [0.4, 0.5) is 4.39 Å². The Morgan fingerprint density at radius 2 is 2.14 bits per heavy atom. The zero-order chi connectivity index (χ0) is 14.8. The van der Waals surface area contributed by atoms with Crippen LogP contribution in [0.3, 0.4) is 0 Å². The van der Waals surface area contributed by atoms with Gasteiger partial charge in [-0.2, -0.15) is 0 Å². The number of ether oxygens (including phenoxy) is 1. The summed E-state index contributed by atoms with van der Waals surface area (Å²) in [7, 11) is 0. The van der Waals surface area contributed by atoms with Crippen LogP contribution in [0.5, 0.6) is 5.75 Å². The van der Waals surface area contributed by atoms with Crippen LogP contribution in [0.25, 0.3) is 0 Å².